The molecule has 5 heteroatoms. The van der Waals surface area contributed by atoms with E-state index in [2.05, 4.69) is 10.1 Å². The number of fused-ring (bicyclic) bond motifs is 1. The molecule has 0 radical (unpaired) electrons. The summed E-state index contributed by atoms with van der Waals surface area (Å²) >= 11 is 1.77. The SMILES string of the molecule is Cc1c(C(N)c2nc3c(s2)CCC3)cnn1C. The average Bonchev–Trinajstić information content (AvgIpc) is 2.94. The molecule has 2 heterocycles. The molecule has 0 bridgehead atoms. The van der Waals surface area contributed by atoms with Gasteiger partial charge in [-0.1, -0.05) is 0 Å². The highest BCUT2D eigenvalue weighted by Gasteiger charge is 2.22. The number of aryl methyl sites for hydroxylation is 3. The van der Waals surface area contributed by atoms with Crippen LogP contribution in [0, 0.1) is 6.92 Å². The molecule has 3 rings (SSSR count). The molecular formula is C12H16N4S. The Morgan fingerprint density at radius 2 is 2.29 bits per heavy atom. The fourth-order valence-electron chi connectivity index (χ4n) is 2.30. The number of hydrogen-bond donors (Lipinski definition) is 1. The van der Waals surface area contributed by atoms with Gasteiger partial charge in [0.15, 0.2) is 0 Å². The molecule has 17 heavy (non-hydrogen) atoms. The zero-order valence-electron chi connectivity index (χ0n) is 10.1. The van der Waals surface area contributed by atoms with Crippen LogP contribution in [0.5, 0.6) is 0 Å². The van der Waals surface area contributed by atoms with Crippen LogP contribution in [0.4, 0.5) is 0 Å². The normalized spacial score (nSPS) is 16.2. The van der Waals surface area contributed by atoms with Crippen molar-refractivity contribution in [2.45, 2.75) is 32.2 Å². The van der Waals surface area contributed by atoms with Gasteiger partial charge in [0, 0.05) is 23.2 Å². The summed E-state index contributed by atoms with van der Waals surface area (Å²) in [6.45, 7) is 2.05. The Balaban J connectivity index is 1.95. The first-order valence-electron chi connectivity index (χ1n) is 5.89. The lowest BCUT2D eigenvalue weighted by molar-refractivity contribution is 0.733. The lowest BCUT2D eigenvalue weighted by Crippen LogP contribution is -2.12. The minimum absolute atomic E-state index is 0.126. The second-order valence-electron chi connectivity index (χ2n) is 4.56. The van der Waals surface area contributed by atoms with E-state index in [9.17, 15) is 0 Å². The van der Waals surface area contributed by atoms with Gasteiger partial charge in [-0.25, -0.2) is 4.98 Å². The van der Waals surface area contributed by atoms with Crippen molar-refractivity contribution in [3.8, 4) is 0 Å². The van der Waals surface area contributed by atoms with Crippen molar-refractivity contribution in [1.82, 2.24) is 14.8 Å². The molecule has 0 aromatic carbocycles. The van der Waals surface area contributed by atoms with Gasteiger partial charge in [0.1, 0.15) is 5.01 Å². The van der Waals surface area contributed by atoms with Crippen LogP contribution in [-0.4, -0.2) is 14.8 Å². The molecule has 2 aromatic heterocycles. The Bertz CT molecular complexity index is 533. The molecule has 4 nitrogen and oxygen atoms in total. The van der Waals surface area contributed by atoms with Gasteiger partial charge in [-0.05, 0) is 26.2 Å². The van der Waals surface area contributed by atoms with Crippen LogP contribution < -0.4 is 5.73 Å². The van der Waals surface area contributed by atoms with E-state index in [1.54, 1.807) is 11.3 Å². The van der Waals surface area contributed by atoms with E-state index in [0.717, 1.165) is 22.7 Å². The first-order chi connectivity index (χ1) is 8.16. The Morgan fingerprint density at radius 3 is 2.94 bits per heavy atom. The Morgan fingerprint density at radius 1 is 1.47 bits per heavy atom. The molecule has 1 aliphatic rings. The van der Waals surface area contributed by atoms with Crippen molar-refractivity contribution in [2.24, 2.45) is 12.8 Å². The molecule has 0 saturated heterocycles. The van der Waals surface area contributed by atoms with E-state index in [-0.39, 0.29) is 6.04 Å². The van der Waals surface area contributed by atoms with Crippen LogP contribution in [0.3, 0.4) is 0 Å². The summed E-state index contributed by atoms with van der Waals surface area (Å²) in [4.78, 5) is 6.10. The molecule has 0 amide bonds. The average molecular weight is 248 g/mol. The second kappa shape index (κ2) is 3.92. The standard InChI is InChI=1S/C12H16N4S/c1-7-8(6-14-16(7)2)11(13)12-15-9-4-3-5-10(9)17-12/h6,11H,3-5,13H2,1-2H3. The van der Waals surface area contributed by atoms with Crippen molar-refractivity contribution >= 4 is 11.3 Å². The third-order valence-electron chi connectivity index (χ3n) is 3.49. The molecule has 1 unspecified atom stereocenters. The first-order valence-corrected chi connectivity index (χ1v) is 6.71. The smallest absolute Gasteiger partial charge is 0.115 e. The van der Waals surface area contributed by atoms with Crippen molar-refractivity contribution in [3.63, 3.8) is 0 Å². The number of thiazole rings is 1. The molecule has 90 valence electrons. The first kappa shape index (κ1) is 10.9. The number of nitrogens with two attached hydrogens (primary N) is 1. The van der Waals surface area contributed by atoms with Gasteiger partial charge < -0.3 is 5.73 Å². The maximum Gasteiger partial charge on any atom is 0.115 e. The summed E-state index contributed by atoms with van der Waals surface area (Å²) in [7, 11) is 1.94. The fraction of sp³-hybridized carbons (Fsp3) is 0.500. The zero-order valence-corrected chi connectivity index (χ0v) is 10.9. The van der Waals surface area contributed by atoms with E-state index >= 15 is 0 Å². The number of aromatic nitrogens is 3. The summed E-state index contributed by atoms with van der Waals surface area (Å²) in [5, 5.41) is 5.27. The third kappa shape index (κ3) is 1.70. The fourth-order valence-corrected chi connectivity index (χ4v) is 3.47. The predicted molar refractivity (Wildman–Crippen MR) is 68.1 cm³/mol. The van der Waals surface area contributed by atoms with Gasteiger partial charge in [0.25, 0.3) is 0 Å². The number of rotatable bonds is 2. The van der Waals surface area contributed by atoms with Crippen molar-refractivity contribution in [2.75, 3.05) is 0 Å². The molecule has 0 saturated carbocycles. The highest BCUT2D eigenvalue weighted by Crippen LogP contribution is 2.32. The molecule has 0 fully saturated rings. The van der Waals surface area contributed by atoms with Gasteiger partial charge in [0.2, 0.25) is 0 Å². The Hall–Kier alpha value is -1.20. The van der Waals surface area contributed by atoms with Crippen molar-refractivity contribution < 1.29 is 0 Å². The van der Waals surface area contributed by atoms with E-state index in [0.29, 0.717) is 0 Å². The topological polar surface area (TPSA) is 56.7 Å². The van der Waals surface area contributed by atoms with Gasteiger partial charge >= 0.3 is 0 Å². The summed E-state index contributed by atoms with van der Waals surface area (Å²) in [6, 6.07) is -0.126. The van der Waals surface area contributed by atoms with Gasteiger partial charge in [-0.15, -0.1) is 11.3 Å². The lowest BCUT2D eigenvalue weighted by Gasteiger charge is -2.07. The van der Waals surface area contributed by atoms with Gasteiger partial charge in [-0.2, -0.15) is 5.10 Å². The van der Waals surface area contributed by atoms with Crippen LogP contribution in [0.1, 0.15) is 39.3 Å². The molecule has 2 aromatic rings. The minimum Gasteiger partial charge on any atom is -0.318 e. The predicted octanol–water partition coefficient (Wildman–Crippen LogP) is 1.72. The summed E-state index contributed by atoms with van der Waals surface area (Å²) < 4.78 is 1.86. The quantitative estimate of drug-likeness (QED) is 0.880. The molecule has 2 N–H and O–H groups in total. The highest BCUT2D eigenvalue weighted by atomic mass is 32.1. The van der Waals surface area contributed by atoms with E-state index in [4.69, 9.17) is 5.73 Å². The molecule has 1 atom stereocenters. The summed E-state index contributed by atoms with van der Waals surface area (Å²) in [5.74, 6) is 0. The van der Waals surface area contributed by atoms with E-state index in [1.807, 2.05) is 24.9 Å². The van der Waals surface area contributed by atoms with Crippen LogP contribution in [0.15, 0.2) is 6.20 Å². The molecule has 0 spiro atoms. The highest BCUT2D eigenvalue weighted by molar-refractivity contribution is 7.11. The van der Waals surface area contributed by atoms with Crippen molar-refractivity contribution in [3.05, 3.63) is 33.0 Å². The maximum absolute atomic E-state index is 6.29. The Labute approximate surface area is 104 Å². The largest absolute Gasteiger partial charge is 0.318 e. The minimum atomic E-state index is -0.126. The summed E-state index contributed by atoms with van der Waals surface area (Å²) in [5.41, 5.74) is 9.75. The van der Waals surface area contributed by atoms with Gasteiger partial charge in [0.05, 0.1) is 17.9 Å². The van der Waals surface area contributed by atoms with Gasteiger partial charge in [-0.3, -0.25) is 4.68 Å². The lowest BCUT2D eigenvalue weighted by atomic mass is 10.1. The second-order valence-corrected chi connectivity index (χ2v) is 5.68. The monoisotopic (exact) mass is 248 g/mol. The third-order valence-corrected chi connectivity index (χ3v) is 4.73. The van der Waals surface area contributed by atoms with Crippen molar-refractivity contribution in [1.29, 1.82) is 0 Å². The molecule has 1 aliphatic carbocycles. The van der Waals surface area contributed by atoms with E-state index in [1.165, 1.54) is 23.4 Å². The van der Waals surface area contributed by atoms with Crippen LogP contribution in [0.2, 0.25) is 0 Å². The van der Waals surface area contributed by atoms with Crippen LogP contribution >= 0.6 is 11.3 Å². The maximum atomic E-state index is 6.29. The summed E-state index contributed by atoms with van der Waals surface area (Å²) in [6.07, 6.45) is 5.39. The molecule has 0 aliphatic heterocycles. The zero-order chi connectivity index (χ0) is 12.0. The number of hydrogen-bond acceptors (Lipinski definition) is 4. The number of nitrogens with zero attached hydrogens (tertiary/aromatic N) is 3. The Kier molecular flexibility index (Phi) is 2.52. The molecular weight excluding hydrogens is 232 g/mol. The van der Waals surface area contributed by atoms with E-state index < -0.39 is 0 Å². The van der Waals surface area contributed by atoms with Crippen LogP contribution in [0.25, 0.3) is 0 Å². The van der Waals surface area contributed by atoms with Crippen LogP contribution in [-0.2, 0) is 19.9 Å².